The first-order chi connectivity index (χ1) is 9.11. The van der Waals surface area contributed by atoms with Crippen LogP contribution in [0.2, 0.25) is 0 Å². The van der Waals surface area contributed by atoms with Gasteiger partial charge in [0.25, 0.3) is 0 Å². The van der Waals surface area contributed by atoms with Gasteiger partial charge in [-0.2, -0.15) is 5.10 Å². The largest absolute Gasteiger partial charge is 0.357 e. The van der Waals surface area contributed by atoms with Crippen molar-refractivity contribution in [2.75, 3.05) is 5.32 Å². The zero-order valence-electron chi connectivity index (χ0n) is 10.6. The second-order valence-electron chi connectivity index (χ2n) is 4.40. The van der Waals surface area contributed by atoms with Gasteiger partial charge >= 0.3 is 0 Å². The summed E-state index contributed by atoms with van der Waals surface area (Å²) in [6, 6.07) is 4.66. The summed E-state index contributed by atoms with van der Waals surface area (Å²) in [7, 11) is 1.90. The molecule has 0 radical (unpaired) electrons. The van der Waals surface area contributed by atoms with E-state index in [-0.39, 0.29) is 5.82 Å². The summed E-state index contributed by atoms with van der Waals surface area (Å²) in [5.41, 5.74) is 2.82. The average Bonchev–Trinajstić information content (AvgIpc) is 2.89. The Kier molecular flexibility index (Phi) is 2.94. The molecule has 98 valence electrons. The van der Waals surface area contributed by atoms with E-state index in [9.17, 15) is 4.39 Å². The number of aromatic nitrogens is 3. The van der Waals surface area contributed by atoms with Crippen LogP contribution in [0.15, 0.2) is 24.4 Å². The Morgan fingerprint density at radius 3 is 3.00 bits per heavy atom. The summed E-state index contributed by atoms with van der Waals surface area (Å²) in [6.07, 6.45) is 1.98. The lowest BCUT2D eigenvalue weighted by atomic mass is 10.3. The molecule has 0 saturated carbocycles. The molecule has 3 rings (SSSR count). The number of nitrogens with zero attached hydrogens (tertiary/aromatic N) is 3. The van der Waals surface area contributed by atoms with E-state index in [4.69, 9.17) is 0 Å². The molecule has 0 atom stereocenters. The van der Waals surface area contributed by atoms with Gasteiger partial charge in [-0.05, 0) is 19.1 Å². The van der Waals surface area contributed by atoms with Crippen LogP contribution in [-0.2, 0) is 13.6 Å². The third kappa shape index (κ3) is 2.44. The number of nitrogens with one attached hydrogen (secondary N) is 1. The molecule has 0 saturated heterocycles. The topological polar surface area (TPSA) is 42.7 Å². The molecule has 0 aliphatic carbocycles. The van der Waals surface area contributed by atoms with Crippen molar-refractivity contribution in [2.45, 2.75) is 13.5 Å². The van der Waals surface area contributed by atoms with Crippen molar-refractivity contribution in [2.24, 2.45) is 7.05 Å². The van der Waals surface area contributed by atoms with Crippen molar-refractivity contribution in [1.29, 1.82) is 0 Å². The van der Waals surface area contributed by atoms with Gasteiger partial charge in [-0.25, -0.2) is 9.37 Å². The van der Waals surface area contributed by atoms with Crippen molar-refractivity contribution >= 4 is 26.7 Å². The number of thiazole rings is 1. The number of halogens is 1. The summed E-state index contributed by atoms with van der Waals surface area (Å²) in [5.74, 6) is -0.257. The van der Waals surface area contributed by atoms with E-state index in [1.165, 1.54) is 23.5 Å². The fourth-order valence-electron chi connectivity index (χ4n) is 1.97. The van der Waals surface area contributed by atoms with Gasteiger partial charge in [0.2, 0.25) is 0 Å². The molecule has 1 aromatic carbocycles. The quantitative estimate of drug-likeness (QED) is 0.799. The number of rotatable bonds is 3. The maximum absolute atomic E-state index is 13.1. The summed E-state index contributed by atoms with van der Waals surface area (Å²) in [4.78, 5) is 4.37. The molecule has 1 N–H and O–H groups in total. The van der Waals surface area contributed by atoms with E-state index in [1.807, 2.05) is 20.2 Å². The molecular formula is C13H13FN4S. The molecule has 0 amide bonds. The SMILES string of the molecule is Cc1nn(C)cc1CNc1nc2cc(F)ccc2s1. The first kappa shape index (κ1) is 12.1. The summed E-state index contributed by atoms with van der Waals surface area (Å²) < 4.78 is 15.9. The lowest BCUT2D eigenvalue weighted by Crippen LogP contribution is -1.99. The van der Waals surface area contributed by atoms with Gasteiger partial charge in [0.1, 0.15) is 5.82 Å². The maximum Gasteiger partial charge on any atom is 0.184 e. The minimum Gasteiger partial charge on any atom is -0.357 e. The van der Waals surface area contributed by atoms with Gasteiger partial charge in [0.15, 0.2) is 5.13 Å². The van der Waals surface area contributed by atoms with E-state index in [0.29, 0.717) is 12.1 Å². The fourth-order valence-corrected chi connectivity index (χ4v) is 2.81. The van der Waals surface area contributed by atoms with Crippen molar-refractivity contribution in [3.8, 4) is 0 Å². The number of hydrogen-bond donors (Lipinski definition) is 1. The number of anilines is 1. The van der Waals surface area contributed by atoms with Gasteiger partial charge in [-0.3, -0.25) is 4.68 Å². The zero-order valence-corrected chi connectivity index (χ0v) is 11.5. The number of hydrogen-bond acceptors (Lipinski definition) is 4. The highest BCUT2D eigenvalue weighted by Crippen LogP contribution is 2.26. The van der Waals surface area contributed by atoms with Gasteiger partial charge < -0.3 is 5.32 Å². The molecule has 2 aromatic heterocycles. The predicted molar refractivity (Wildman–Crippen MR) is 74.8 cm³/mol. The fraction of sp³-hybridized carbons (Fsp3) is 0.231. The Hall–Kier alpha value is -1.95. The molecule has 0 spiro atoms. The number of aryl methyl sites for hydroxylation is 2. The summed E-state index contributed by atoms with van der Waals surface area (Å²) in [5, 5.41) is 8.34. The van der Waals surface area contributed by atoms with Crippen LogP contribution >= 0.6 is 11.3 Å². The first-order valence-electron chi connectivity index (χ1n) is 5.91. The summed E-state index contributed by atoms with van der Waals surface area (Å²) >= 11 is 1.52. The van der Waals surface area contributed by atoms with Crippen molar-refractivity contribution < 1.29 is 4.39 Å². The Morgan fingerprint density at radius 2 is 2.26 bits per heavy atom. The van der Waals surface area contributed by atoms with Crippen LogP contribution in [0.5, 0.6) is 0 Å². The number of fused-ring (bicyclic) bond motifs is 1. The third-order valence-electron chi connectivity index (χ3n) is 2.89. The second-order valence-corrected chi connectivity index (χ2v) is 5.43. The van der Waals surface area contributed by atoms with Gasteiger partial charge in [-0.1, -0.05) is 11.3 Å². The summed E-state index contributed by atoms with van der Waals surface area (Å²) in [6.45, 7) is 2.65. The molecule has 0 aliphatic heterocycles. The maximum atomic E-state index is 13.1. The van der Waals surface area contributed by atoms with Crippen molar-refractivity contribution in [3.63, 3.8) is 0 Å². The lowest BCUT2D eigenvalue weighted by Gasteiger charge is -1.99. The molecule has 0 aliphatic rings. The van der Waals surface area contributed by atoms with Crippen molar-refractivity contribution in [3.05, 3.63) is 41.5 Å². The standard InChI is InChI=1S/C13H13FN4S/c1-8-9(7-18(2)17-8)6-15-13-16-11-5-10(14)3-4-12(11)19-13/h3-5,7H,6H2,1-2H3,(H,15,16). The van der Waals surface area contributed by atoms with Crippen LogP contribution in [-0.4, -0.2) is 14.8 Å². The van der Waals surface area contributed by atoms with E-state index < -0.39 is 0 Å². The highest BCUT2D eigenvalue weighted by Gasteiger charge is 2.07. The average molecular weight is 276 g/mol. The molecular weight excluding hydrogens is 263 g/mol. The van der Waals surface area contributed by atoms with Gasteiger partial charge in [0, 0.05) is 31.4 Å². The minimum absolute atomic E-state index is 0.257. The zero-order chi connectivity index (χ0) is 13.4. The Balaban J connectivity index is 1.80. The van der Waals surface area contributed by atoms with Crippen LogP contribution in [0.3, 0.4) is 0 Å². The van der Waals surface area contributed by atoms with E-state index in [1.54, 1.807) is 10.7 Å². The lowest BCUT2D eigenvalue weighted by molar-refractivity contribution is 0.629. The predicted octanol–water partition coefficient (Wildman–Crippen LogP) is 3.09. The molecule has 4 nitrogen and oxygen atoms in total. The van der Waals surface area contributed by atoms with Gasteiger partial charge in [-0.15, -0.1) is 0 Å². The molecule has 0 fully saturated rings. The monoisotopic (exact) mass is 276 g/mol. The molecule has 0 bridgehead atoms. The molecule has 0 unspecified atom stereocenters. The third-order valence-corrected chi connectivity index (χ3v) is 3.89. The van der Waals surface area contributed by atoms with Crippen molar-refractivity contribution in [1.82, 2.24) is 14.8 Å². The van der Waals surface area contributed by atoms with E-state index in [0.717, 1.165) is 21.1 Å². The normalized spacial score (nSPS) is 11.1. The Morgan fingerprint density at radius 1 is 1.42 bits per heavy atom. The van der Waals surface area contributed by atoms with Gasteiger partial charge in [0.05, 0.1) is 15.9 Å². The highest BCUT2D eigenvalue weighted by molar-refractivity contribution is 7.22. The van der Waals surface area contributed by atoms with Crippen LogP contribution < -0.4 is 5.32 Å². The van der Waals surface area contributed by atoms with Crippen LogP contribution in [0.1, 0.15) is 11.3 Å². The second kappa shape index (κ2) is 4.62. The molecule has 6 heteroatoms. The Labute approximate surface area is 113 Å². The van der Waals surface area contributed by atoms with E-state index in [2.05, 4.69) is 15.4 Å². The van der Waals surface area contributed by atoms with Crippen LogP contribution in [0, 0.1) is 12.7 Å². The molecule has 2 heterocycles. The smallest absolute Gasteiger partial charge is 0.184 e. The molecule has 3 aromatic rings. The van der Waals surface area contributed by atoms with Crippen LogP contribution in [0.4, 0.5) is 9.52 Å². The first-order valence-corrected chi connectivity index (χ1v) is 6.72. The highest BCUT2D eigenvalue weighted by atomic mass is 32.1. The number of benzene rings is 1. The van der Waals surface area contributed by atoms with Crippen LogP contribution in [0.25, 0.3) is 10.2 Å². The Bertz CT molecular complexity index is 731. The molecule has 19 heavy (non-hydrogen) atoms. The van der Waals surface area contributed by atoms with E-state index >= 15 is 0 Å². The minimum atomic E-state index is -0.257.